The molecule has 0 bridgehead atoms. The number of nitrogens with zero attached hydrogens (tertiary/aromatic N) is 4. The first-order valence-corrected chi connectivity index (χ1v) is 9.68. The van der Waals surface area contributed by atoms with Gasteiger partial charge in [0.05, 0.1) is 18.8 Å². The van der Waals surface area contributed by atoms with Crippen LogP contribution < -0.4 is 10.6 Å². The zero-order valence-corrected chi connectivity index (χ0v) is 16.6. The van der Waals surface area contributed by atoms with E-state index in [1.807, 2.05) is 55.6 Å². The number of guanidine groups is 1. The molecule has 3 heterocycles. The standard InChI is InChI=1S/C22H24N6O/c1-3-23-22(24-12-18-14-28-16(2)8-7-11-20(28)26-18)25-13-19-15-29-21(27-19)17-9-5-4-6-10-17/h4-11,14-15H,3,12-13H2,1-2H3,(H2,23,24,25). The van der Waals surface area contributed by atoms with E-state index in [-0.39, 0.29) is 0 Å². The van der Waals surface area contributed by atoms with E-state index in [9.17, 15) is 0 Å². The number of oxazole rings is 1. The lowest BCUT2D eigenvalue weighted by molar-refractivity contribution is 0.572. The van der Waals surface area contributed by atoms with Gasteiger partial charge in [-0.2, -0.15) is 0 Å². The van der Waals surface area contributed by atoms with Gasteiger partial charge in [-0.05, 0) is 38.1 Å². The molecule has 0 amide bonds. The highest BCUT2D eigenvalue weighted by molar-refractivity contribution is 5.79. The molecule has 0 unspecified atom stereocenters. The highest BCUT2D eigenvalue weighted by Crippen LogP contribution is 2.18. The fourth-order valence-corrected chi connectivity index (χ4v) is 3.05. The Bertz CT molecular complexity index is 1110. The largest absolute Gasteiger partial charge is 0.444 e. The Morgan fingerprint density at radius 3 is 2.69 bits per heavy atom. The van der Waals surface area contributed by atoms with E-state index in [1.54, 1.807) is 6.26 Å². The van der Waals surface area contributed by atoms with Crippen molar-refractivity contribution >= 4 is 11.6 Å². The lowest BCUT2D eigenvalue weighted by Crippen LogP contribution is -2.36. The minimum absolute atomic E-state index is 0.427. The van der Waals surface area contributed by atoms with E-state index in [1.165, 1.54) is 0 Å². The van der Waals surface area contributed by atoms with Crippen molar-refractivity contribution in [2.45, 2.75) is 26.9 Å². The molecule has 0 atom stereocenters. The first kappa shape index (κ1) is 18.7. The Morgan fingerprint density at radius 2 is 1.90 bits per heavy atom. The van der Waals surface area contributed by atoms with Gasteiger partial charge in [0.2, 0.25) is 5.89 Å². The lowest BCUT2D eigenvalue weighted by Gasteiger charge is -2.09. The molecule has 2 N–H and O–H groups in total. The minimum atomic E-state index is 0.427. The summed E-state index contributed by atoms with van der Waals surface area (Å²) >= 11 is 0. The Kier molecular flexibility index (Phi) is 5.56. The molecular formula is C22H24N6O. The second-order valence-electron chi connectivity index (χ2n) is 6.69. The average Bonchev–Trinajstić information content (AvgIpc) is 3.38. The summed E-state index contributed by atoms with van der Waals surface area (Å²) in [5, 5.41) is 6.58. The van der Waals surface area contributed by atoms with Crippen molar-refractivity contribution in [2.75, 3.05) is 6.54 Å². The van der Waals surface area contributed by atoms with Crippen LogP contribution in [0.5, 0.6) is 0 Å². The number of nitrogens with one attached hydrogen (secondary N) is 2. The van der Waals surface area contributed by atoms with Crippen LogP contribution in [0.1, 0.15) is 24.0 Å². The third-order valence-corrected chi connectivity index (χ3v) is 4.50. The van der Waals surface area contributed by atoms with Crippen molar-refractivity contribution in [1.29, 1.82) is 0 Å². The van der Waals surface area contributed by atoms with E-state index in [2.05, 4.69) is 43.0 Å². The van der Waals surface area contributed by atoms with Gasteiger partial charge in [0, 0.05) is 24.0 Å². The number of aryl methyl sites for hydroxylation is 1. The molecule has 148 valence electrons. The summed E-state index contributed by atoms with van der Waals surface area (Å²) in [4.78, 5) is 13.8. The summed E-state index contributed by atoms with van der Waals surface area (Å²) in [6, 6.07) is 15.9. The van der Waals surface area contributed by atoms with Gasteiger partial charge in [-0.25, -0.2) is 15.0 Å². The van der Waals surface area contributed by atoms with Crippen LogP contribution in [0.4, 0.5) is 0 Å². The molecule has 0 fully saturated rings. The zero-order chi connectivity index (χ0) is 20.1. The minimum Gasteiger partial charge on any atom is -0.444 e. The molecule has 0 radical (unpaired) electrons. The van der Waals surface area contributed by atoms with Gasteiger partial charge in [0.1, 0.15) is 17.6 Å². The summed E-state index contributed by atoms with van der Waals surface area (Å²) in [5.41, 5.74) is 4.79. The Labute approximate surface area is 169 Å². The van der Waals surface area contributed by atoms with Crippen molar-refractivity contribution in [1.82, 2.24) is 25.0 Å². The van der Waals surface area contributed by atoms with Crippen LogP contribution in [-0.4, -0.2) is 26.9 Å². The second-order valence-corrected chi connectivity index (χ2v) is 6.69. The van der Waals surface area contributed by atoms with Crippen LogP contribution >= 0.6 is 0 Å². The predicted molar refractivity (Wildman–Crippen MR) is 114 cm³/mol. The lowest BCUT2D eigenvalue weighted by atomic mass is 10.2. The maximum absolute atomic E-state index is 5.58. The molecule has 4 aromatic rings. The van der Waals surface area contributed by atoms with Gasteiger partial charge >= 0.3 is 0 Å². The smallest absolute Gasteiger partial charge is 0.226 e. The first-order chi connectivity index (χ1) is 14.2. The van der Waals surface area contributed by atoms with Gasteiger partial charge < -0.3 is 19.5 Å². The molecule has 4 rings (SSSR count). The quantitative estimate of drug-likeness (QED) is 0.390. The predicted octanol–water partition coefficient (Wildman–Crippen LogP) is 3.55. The molecular weight excluding hydrogens is 364 g/mol. The highest BCUT2D eigenvalue weighted by atomic mass is 16.3. The number of hydrogen-bond donors (Lipinski definition) is 2. The highest BCUT2D eigenvalue weighted by Gasteiger charge is 2.07. The van der Waals surface area contributed by atoms with E-state index < -0.39 is 0 Å². The van der Waals surface area contributed by atoms with Crippen LogP contribution in [0, 0.1) is 6.92 Å². The van der Waals surface area contributed by atoms with Gasteiger partial charge in [-0.3, -0.25) is 0 Å². The fourth-order valence-electron chi connectivity index (χ4n) is 3.05. The number of aromatic nitrogens is 3. The monoisotopic (exact) mass is 388 g/mol. The molecule has 0 spiro atoms. The Morgan fingerprint density at radius 1 is 1.03 bits per heavy atom. The number of imidazole rings is 1. The zero-order valence-electron chi connectivity index (χ0n) is 16.6. The normalized spacial score (nSPS) is 11.7. The van der Waals surface area contributed by atoms with Gasteiger partial charge in [-0.15, -0.1) is 0 Å². The molecule has 1 aromatic carbocycles. The van der Waals surface area contributed by atoms with Crippen molar-refractivity contribution in [3.8, 4) is 11.5 Å². The maximum Gasteiger partial charge on any atom is 0.226 e. The van der Waals surface area contributed by atoms with Gasteiger partial charge in [0.15, 0.2) is 5.96 Å². The van der Waals surface area contributed by atoms with E-state index >= 15 is 0 Å². The summed E-state index contributed by atoms with van der Waals surface area (Å²) in [5.74, 6) is 1.32. The number of hydrogen-bond acceptors (Lipinski definition) is 4. The van der Waals surface area contributed by atoms with Crippen molar-refractivity contribution in [3.63, 3.8) is 0 Å². The van der Waals surface area contributed by atoms with Crippen molar-refractivity contribution < 1.29 is 4.42 Å². The summed E-state index contributed by atoms with van der Waals surface area (Å²) in [6.07, 6.45) is 3.70. The first-order valence-electron chi connectivity index (χ1n) is 9.68. The Hall–Kier alpha value is -3.61. The second kappa shape index (κ2) is 8.60. The third kappa shape index (κ3) is 4.45. The summed E-state index contributed by atoms with van der Waals surface area (Å²) < 4.78 is 7.67. The van der Waals surface area contributed by atoms with Gasteiger partial charge in [-0.1, -0.05) is 24.3 Å². The summed E-state index contributed by atoms with van der Waals surface area (Å²) in [7, 11) is 0. The molecule has 7 nitrogen and oxygen atoms in total. The number of rotatable bonds is 6. The molecule has 0 saturated heterocycles. The van der Waals surface area contributed by atoms with E-state index in [0.717, 1.165) is 34.8 Å². The molecule has 29 heavy (non-hydrogen) atoms. The molecule has 0 aliphatic rings. The number of benzene rings is 1. The van der Waals surface area contributed by atoms with Crippen LogP contribution in [0.3, 0.4) is 0 Å². The van der Waals surface area contributed by atoms with Crippen LogP contribution in [-0.2, 0) is 13.1 Å². The van der Waals surface area contributed by atoms with E-state index in [4.69, 9.17) is 4.42 Å². The molecule has 0 saturated carbocycles. The van der Waals surface area contributed by atoms with Gasteiger partial charge in [0.25, 0.3) is 0 Å². The third-order valence-electron chi connectivity index (χ3n) is 4.50. The number of aliphatic imine (C=N–C) groups is 1. The van der Waals surface area contributed by atoms with Crippen LogP contribution in [0.25, 0.3) is 17.1 Å². The molecule has 0 aliphatic carbocycles. The number of pyridine rings is 1. The maximum atomic E-state index is 5.58. The number of fused-ring (bicyclic) bond motifs is 1. The summed E-state index contributed by atoms with van der Waals surface area (Å²) in [6.45, 7) is 5.88. The fraction of sp³-hybridized carbons (Fsp3) is 0.227. The molecule has 7 heteroatoms. The van der Waals surface area contributed by atoms with Crippen LogP contribution in [0.2, 0.25) is 0 Å². The Balaban J connectivity index is 1.42. The van der Waals surface area contributed by atoms with E-state index in [0.29, 0.717) is 24.9 Å². The van der Waals surface area contributed by atoms with Crippen molar-refractivity contribution in [2.24, 2.45) is 4.99 Å². The SMILES string of the molecule is CCNC(=NCc1coc(-c2ccccc2)n1)NCc1cn2c(C)cccc2n1. The van der Waals surface area contributed by atoms with Crippen LogP contribution in [0.15, 0.2) is 70.4 Å². The molecule has 3 aromatic heterocycles. The van der Waals surface area contributed by atoms with Crippen molar-refractivity contribution in [3.05, 3.63) is 78.1 Å². The average molecular weight is 388 g/mol. The molecule has 0 aliphatic heterocycles. The topological polar surface area (TPSA) is 79.8 Å².